The molecule has 31 heavy (non-hydrogen) atoms. The average molecular weight is 411 g/mol. The highest BCUT2D eigenvalue weighted by Crippen LogP contribution is 2.32. The van der Waals surface area contributed by atoms with Gasteiger partial charge in [-0.05, 0) is 23.6 Å². The van der Waals surface area contributed by atoms with Gasteiger partial charge in [0.2, 0.25) is 0 Å². The second-order valence-electron chi connectivity index (χ2n) is 7.65. The summed E-state index contributed by atoms with van der Waals surface area (Å²) in [5.74, 6) is 0. The fourth-order valence-corrected chi connectivity index (χ4v) is 4.23. The van der Waals surface area contributed by atoms with Crippen molar-refractivity contribution in [1.82, 2.24) is 4.57 Å². The number of nitro groups is 1. The third-order valence-electron chi connectivity index (χ3n) is 5.68. The molecule has 0 aliphatic rings. The minimum atomic E-state index is -0.645. The predicted molar refractivity (Wildman–Crippen MR) is 125 cm³/mol. The van der Waals surface area contributed by atoms with Crippen LogP contribution in [0.25, 0.3) is 32.6 Å². The Balaban J connectivity index is 1.44. The van der Waals surface area contributed by atoms with E-state index in [1.807, 2.05) is 53.1 Å². The number of hydrogen-bond donors (Lipinski definition) is 2. The molecular formula is C25H21N3O3. The molecule has 0 radical (unpaired) electrons. The summed E-state index contributed by atoms with van der Waals surface area (Å²) in [5, 5.41) is 29.4. The van der Waals surface area contributed by atoms with Crippen LogP contribution in [-0.4, -0.2) is 27.2 Å². The van der Waals surface area contributed by atoms with Crippen molar-refractivity contribution in [2.75, 3.05) is 11.9 Å². The minimum absolute atomic E-state index is 0.0635. The number of aromatic nitrogens is 1. The fraction of sp³-hybridized carbons (Fsp3) is 0.120. The van der Waals surface area contributed by atoms with E-state index in [1.54, 1.807) is 12.1 Å². The smallest absolute Gasteiger partial charge is 0.270 e. The Morgan fingerprint density at radius 1 is 0.871 bits per heavy atom. The van der Waals surface area contributed by atoms with Crippen molar-refractivity contribution in [3.63, 3.8) is 0 Å². The summed E-state index contributed by atoms with van der Waals surface area (Å²) in [6, 6.07) is 26.9. The van der Waals surface area contributed by atoms with E-state index in [-0.39, 0.29) is 10.6 Å². The number of benzene rings is 4. The van der Waals surface area contributed by atoms with Crippen LogP contribution in [0.2, 0.25) is 0 Å². The lowest BCUT2D eigenvalue weighted by atomic mass is 10.1. The molecule has 2 N–H and O–H groups in total. The van der Waals surface area contributed by atoms with Gasteiger partial charge in [0.05, 0.1) is 17.6 Å². The Morgan fingerprint density at radius 3 is 2.42 bits per heavy atom. The molecule has 6 heteroatoms. The van der Waals surface area contributed by atoms with Crippen molar-refractivity contribution in [3.8, 4) is 0 Å². The monoisotopic (exact) mass is 411 g/mol. The average Bonchev–Trinajstić information content (AvgIpc) is 3.10. The van der Waals surface area contributed by atoms with Crippen LogP contribution < -0.4 is 5.32 Å². The minimum Gasteiger partial charge on any atom is -0.389 e. The second-order valence-corrected chi connectivity index (χ2v) is 7.65. The molecule has 4 aromatic carbocycles. The molecule has 5 rings (SSSR count). The van der Waals surface area contributed by atoms with Gasteiger partial charge in [-0.2, -0.15) is 0 Å². The van der Waals surface area contributed by atoms with Crippen LogP contribution in [0, 0.1) is 10.1 Å². The number of rotatable bonds is 6. The van der Waals surface area contributed by atoms with Gasteiger partial charge >= 0.3 is 0 Å². The molecule has 0 saturated carbocycles. The van der Waals surface area contributed by atoms with E-state index in [1.165, 1.54) is 6.07 Å². The number of anilines is 1. The highest BCUT2D eigenvalue weighted by Gasteiger charge is 2.16. The first kappa shape index (κ1) is 19.1. The van der Waals surface area contributed by atoms with E-state index in [9.17, 15) is 15.2 Å². The Kier molecular flexibility index (Phi) is 4.76. The van der Waals surface area contributed by atoms with E-state index in [4.69, 9.17) is 0 Å². The Hall–Kier alpha value is -3.90. The van der Waals surface area contributed by atoms with E-state index >= 15 is 0 Å². The van der Waals surface area contributed by atoms with Crippen molar-refractivity contribution < 1.29 is 10.0 Å². The second kappa shape index (κ2) is 7.74. The summed E-state index contributed by atoms with van der Waals surface area (Å²) < 4.78 is 2.03. The van der Waals surface area contributed by atoms with Crippen LogP contribution >= 0.6 is 0 Å². The molecule has 0 spiro atoms. The maximum Gasteiger partial charge on any atom is 0.270 e. The lowest BCUT2D eigenvalue weighted by Crippen LogP contribution is -2.24. The number of nitrogens with zero attached hydrogens (tertiary/aromatic N) is 2. The van der Waals surface area contributed by atoms with Gasteiger partial charge in [0.25, 0.3) is 5.69 Å². The molecule has 0 aliphatic carbocycles. The highest BCUT2D eigenvalue weighted by molar-refractivity contribution is 6.08. The van der Waals surface area contributed by atoms with Crippen LogP contribution in [0.4, 0.5) is 11.4 Å². The van der Waals surface area contributed by atoms with Crippen LogP contribution in [0.5, 0.6) is 0 Å². The molecule has 0 bridgehead atoms. The van der Waals surface area contributed by atoms with Gasteiger partial charge in [-0.25, -0.2) is 0 Å². The van der Waals surface area contributed by atoms with Crippen LogP contribution in [-0.2, 0) is 6.54 Å². The zero-order chi connectivity index (χ0) is 21.4. The summed E-state index contributed by atoms with van der Waals surface area (Å²) >= 11 is 0. The predicted octanol–water partition coefficient (Wildman–Crippen LogP) is 5.33. The third kappa shape index (κ3) is 3.47. The summed E-state index contributed by atoms with van der Waals surface area (Å²) in [5.41, 5.74) is 2.86. The maximum absolute atomic E-state index is 11.2. The van der Waals surface area contributed by atoms with Crippen molar-refractivity contribution >= 4 is 44.0 Å². The number of non-ortho nitro benzene ring substituents is 1. The molecular weight excluding hydrogens is 390 g/mol. The zero-order valence-corrected chi connectivity index (χ0v) is 16.7. The van der Waals surface area contributed by atoms with Crippen molar-refractivity contribution in [1.29, 1.82) is 0 Å². The molecule has 0 saturated heterocycles. The van der Waals surface area contributed by atoms with Gasteiger partial charge in [0.15, 0.2) is 0 Å². The molecule has 5 aromatic rings. The van der Waals surface area contributed by atoms with E-state index in [2.05, 4.69) is 23.5 Å². The lowest BCUT2D eigenvalue weighted by Gasteiger charge is -2.16. The fourth-order valence-electron chi connectivity index (χ4n) is 4.23. The maximum atomic E-state index is 11.2. The number of aliphatic hydroxyl groups excluding tert-OH is 1. The number of nitrogens with one attached hydrogen (secondary N) is 1. The number of aliphatic hydroxyl groups is 1. The highest BCUT2D eigenvalue weighted by atomic mass is 16.6. The normalized spacial score (nSPS) is 12.4. The molecule has 1 heterocycles. The van der Waals surface area contributed by atoms with Crippen LogP contribution in [0.15, 0.2) is 84.9 Å². The topological polar surface area (TPSA) is 80.3 Å². The first-order valence-electron chi connectivity index (χ1n) is 10.2. The van der Waals surface area contributed by atoms with Crippen LogP contribution in [0.1, 0.15) is 0 Å². The molecule has 6 nitrogen and oxygen atoms in total. The Labute approximate surface area is 178 Å². The summed E-state index contributed by atoms with van der Waals surface area (Å²) in [6.45, 7) is 0.759. The number of nitro benzene ring substituents is 1. The van der Waals surface area contributed by atoms with Gasteiger partial charge in [0, 0.05) is 51.6 Å². The molecule has 1 unspecified atom stereocenters. The SMILES string of the molecule is O=[N+]([O-])c1ccc2c(c1)c1ccccc1n2CC(O)CNc1cccc2ccccc12. The van der Waals surface area contributed by atoms with Gasteiger partial charge < -0.3 is 15.0 Å². The number of para-hydroxylation sites is 1. The van der Waals surface area contributed by atoms with Crippen molar-refractivity contribution in [2.45, 2.75) is 12.6 Å². The van der Waals surface area contributed by atoms with Crippen LogP contribution in [0.3, 0.4) is 0 Å². The van der Waals surface area contributed by atoms with E-state index in [0.29, 0.717) is 13.1 Å². The Morgan fingerprint density at radius 2 is 1.58 bits per heavy atom. The van der Waals surface area contributed by atoms with E-state index in [0.717, 1.165) is 38.3 Å². The zero-order valence-electron chi connectivity index (χ0n) is 16.7. The quantitative estimate of drug-likeness (QED) is 0.292. The number of fused-ring (bicyclic) bond motifs is 4. The molecule has 1 atom stereocenters. The van der Waals surface area contributed by atoms with Crippen molar-refractivity contribution in [3.05, 3.63) is 95.0 Å². The molecule has 1 aromatic heterocycles. The third-order valence-corrected chi connectivity index (χ3v) is 5.68. The Bertz CT molecular complexity index is 1420. The summed E-state index contributed by atoms with van der Waals surface area (Å²) in [4.78, 5) is 10.8. The first-order valence-corrected chi connectivity index (χ1v) is 10.2. The van der Waals surface area contributed by atoms with Gasteiger partial charge in [0.1, 0.15) is 0 Å². The summed E-state index contributed by atoms with van der Waals surface area (Å²) in [6.07, 6.45) is -0.645. The molecule has 0 aliphatic heterocycles. The molecule has 0 fully saturated rings. The van der Waals surface area contributed by atoms with Gasteiger partial charge in [-0.3, -0.25) is 10.1 Å². The first-order chi connectivity index (χ1) is 15.1. The van der Waals surface area contributed by atoms with E-state index < -0.39 is 6.10 Å². The van der Waals surface area contributed by atoms with Gasteiger partial charge in [-0.1, -0.05) is 54.6 Å². The molecule has 0 amide bonds. The lowest BCUT2D eigenvalue weighted by molar-refractivity contribution is -0.384. The largest absolute Gasteiger partial charge is 0.389 e. The number of hydrogen-bond acceptors (Lipinski definition) is 4. The summed E-state index contributed by atoms with van der Waals surface area (Å²) in [7, 11) is 0. The van der Waals surface area contributed by atoms with Gasteiger partial charge in [-0.15, -0.1) is 0 Å². The molecule has 154 valence electrons. The standard InChI is InChI=1S/C25H21N3O3/c29-19(15-26-23-10-5-7-17-6-1-2-8-20(17)23)16-27-24-11-4-3-9-21(24)22-14-18(28(30)31)12-13-25(22)27/h1-14,19,26,29H,15-16H2. The van der Waals surface area contributed by atoms with Crippen molar-refractivity contribution in [2.24, 2.45) is 0 Å².